The summed E-state index contributed by atoms with van der Waals surface area (Å²) in [6.07, 6.45) is -0.351. The van der Waals surface area contributed by atoms with Crippen LogP contribution in [0, 0.1) is 10.1 Å². The number of nitrogens with zero attached hydrogens (tertiary/aromatic N) is 2. The number of nitro benzene ring substituents is 1. The van der Waals surface area contributed by atoms with Gasteiger partial charge in [-0.3, -0.25) is 15.0 Å². The van der Waals surface area contributed by atoms with Gasteiger partial charge >= 0.3 is 12.1 Å². The molecule has 1 heterocycles. The van der Waals surface area contributed by atoms with Gasteiger partial charge in [0.05, 0.1) is 4.92 Å². The Morgan fingerprint density at radius 3 is 2.50 bits per heavy atom. The Balaban J connectivity index is 2.50. The fourth-order valence-electron chi connectivity index (χ4n) is 2.81. The Bertz CT molecular complexity index is 694. The van der Waals surface area contributed by atoms with E-state index >= 15 is 0 Å². The summed E-state index contributed by atoms with van der Waals surface area (Å²) in [6, 6.07) is 2.38. The predicted octanol–water partition coefficient (Wildman–Crippen LogP) is 2.90. The summed E-state index contributed by atoms with van der Waals surface area (Å²) >= 11 is 0. The van der Waals surface area contributed by atoms with Crippen molar-refractivity contribution in [1.29, 1.82) is 0 Å². The minimum atomic E-state index is -1.32. The first-order valence-corrected chi connectivity index (χ1v) is 7.52. The molecule has 0 aromatic heterocycles. The molecule has 1 aliphatic rings. The normalized spacial score (nSPS) is 20.2. The van der Waals surface area contributed by atoms with Crippen molar-refractivity contribution in [2.24, 2.45) is 0 Å². The smallest absolute Gasteiger partial charge is 0.411 e. The van der Waals surface area contributed by atoms with Crippen LogP contribution in [0.15, 0.2) is 18.2 Å². The molecule has 0 bridgehead atoms. The molecule has 0 aliphatic carbocycles. The van der Waals surface area contributed by atoms with E-state index in [9.17, 15) is 24.8 Å². The summed E-state index contributed by atoms with van der Waals surface area (Å²) < 4.78 is 5.31. The molecular weight excluding hydrogens is 316 g/mol. The number of benzene rings is 1. The van der Waals surface area contributed by atoms with E-state index in [4.69, 9.17) is 4.74 Å². The lowest BCUT2D eigenvalue weighted by molar-refractivity contribution is -0.385. The van der Waals surface area contributed by atoms with Crippen LogP contribution in [-0.2, 0) is 16.0 Å². The molecule has 2 atom stereocenters. The minimum Gasteiger partial charge on any atom is -0.479 e. The second-order valence-electron chi connectivity index (χ2n) is 6.82. The van der Waals surface area contributed by atoms with Crippen molar-refractivity contribution in [3.8, 4) is 0 Å². The van der Waals surface area contributed by atoms with Gasteiger partial charge in [0.25, 0.3) is 5.69 Å². The molecule has 2 rings (SSSR count). The second-order valence-corrected chi connectivity index (χ2v) is 6.82. The third-order valence-electron chi connectivity index (χ3n) is 3.74. The number of hydrogen-bond acceptors (Lipinski definition) is 5. The third kappa shape index (κ3) is 3.47. The van der Waals surface area contributed by atoms with Crippen LogP contribution in [0.1, 0.15) is 44.9 Å². The summed E-state index contributed by atoms with van der Waals surface area (Å²) in [5.74, 6) is -1.26. The standard InChI is InChI=1S/C16H20N2O6/c1-9-7-10-5-6-11(18(22)23)8-12(10)13(14(19)20)17(9)15(21)24-16(2,3)4/h5-6,8-9,13H,7H2,1-4H3,(H,19,20)/t9-,13?/m0/s1. The molecule has 8 heteroatoms. The molecule has 1 aromatic rings. The Morgan fingerprint density at radius 1 is 1.38 bits per heavy atom. The Labute approximate surface area is 139 Å². The second kappa shape index (κ2) is 6.10. The number of fused-ring (bicyclic) bond motifs is 1. The van der Waals surface area contributed by atoms with E-state index in [0.717, 1.165) is 4.90 Å². The first-order chi connectivity index (χ1) is 11.0. The van der Waals surface area contributed by atoms with Crippen LogP contribution in [0.2, 0.25) is 0 Å². The van der Waals surface area contributed by atoms with Crippen molar-refractivity contribution < 1.29 is 24.4 Å². The molecule has 1 N–H and O–H groups in total. The van der Waals surface area contributed by atoms with Crippen molar-refractivity contribution in [3.63, 3.8) is 0 Å². The minimum absolute atomic E-state index is 0.210. The molecule has 1 unspecified atom stereocenters. The van der Waals surface area contributed by atoms with E-state index in [2.05, 4.69) is 0 Å². The topological polar surface area (TPSA) is 110 Å². The molecule has 0 fully saturated rings. The van der Waals surface area contributed by atoms with Crippen LogP contribution in [0.5, 0.6) is 0 Å². The number of carbonyl (C=O) groups is 2. The summed E-state index contributed by atoms with van der Waals surface area (Å²) in [6.45, 7) is 6.79. The number of carbonyl (C=O) groups excluding carboxylic acids is 1. The molecule has 0 saturated heterocycles. The third-order valence-corrected chi connectivity index (χ3v) is 3.74. The van der Waals surface area contributed by atoms with E-state index in [1.807, 2.05) is 0 Å². The van der Waals surface area contributed by atoms with E-state index < -0.39 is 34.7 Å². The summed E-state index contributed by atoms with van der Waals surface area (Å²) in [4.78, 5) is 35.8. The van der Waals surface area contributed by atoms with Gasteiger partial charge in [-0.05, 0) is 45.2 Å². The van der Waals surface area contributed by atoms with E-state index in [-0.39, 0.29) is 11.3 Å². The van der Waals surface area contributed by atoms with Gasteiger partial charge in [-0.2, -0.15) is 0 Å². The molecule has 0 spiro atoms. The predicted molar refractivity (Wildman–Crippen MR) is 84.7 cm³/mol. The number of non-ortho nitro benzene ring substituents is 1. The molecule has 1 amide bonds. The maximum absolute atomic E-state index is 12.5. The first kappa shape index (κ1) is 17.7. The average molecular weight is 336 g/mol. The number of nitro groups is 1. The zero-order valence-electron chi connectivity index (χ0n) is 14.0. The first-order valence-electron chi connectivity index (χ1n) is 7.52. The van der Waals surface area contributed by atoms with E-state index in [1.165, 1.54) is 12.1 Å². The SMILES string of the molecule is C[C@H]1Cc2ccc([N+](=O)[O-])cc2C(C(=O)O)N1C(=O)OC(C)(C)C. The summed E-state index contributed by atoms with van der Waals surface area (Å²) in [5.41, 5.74) is -0.0531. The van der Waals surface area contributed by atoms with Crippen molar-refractivity contribution in [3.05, 3.63) is 39.4 Å². The number of amides is 1. The van der Waals surface area contributed by atoms with Crippen molar-refractivity contribution >= 4 is 17.7 Å². The van der Waals surface area contributed by atoms with Crippen LogP contribution in [0.3, 0.4) is 0 Å². The van der Waals surface area contributed by atoms with Crippen LogP contribution in [-0.4, -0.2) is 38.6 Å². The van der Waals surface area contributed by atoms with Gasteiger partial charge in [-0.25, -0.2) is 9.59 Å². The molecule has 0 radical (unpaired) electrons. The molecule has 130 valence electrons. The van der Waals surface area contributed by atoms with Gasteiger partial charge in [0.1, 0.15) is 5.60 Å². The molecule has 24 heavy (non-hydrogen) atoms. The van der Waals surface area contributed by atoms with Gasteiger partial charge < -0.3 is 9.84 Å². The highest BCUT2D eigenvalue weighted by Gasteiger charge is 2.42. The summed E-state index contributed by atoms with van der Waals surface area (Å²) in [7, 11) is 0. The van der Waals surface area contributed by atoms with Crippen LogP contribution in [0.25, 0.3) is 0 Å². The zero-order valence-corrected chi connectivity index (χ0v) is 14.0. The lowest BCUT2D eigenvalue weighted by atomic mass is 9.88. The number of ether oxygens (including phenoxy) is 1. The van der Waals surface area contributed by atoms with E-state index in [1.54, 1.807) is 33.8 Å². The molecule has 1 aromatic carbocycles. The largest absolute Gasteiger partial charge is 0.479 e. The van der Waals surface area contributed by atoms with Gasteiger partial charge in [0.15, 0.2) is 6.04 Å². The van der Waals surface area contributed by atoms with Crippen molar-refractivity contribution in [1.82, 2.24) is 4.90 Å². The van der Waals surface area contributed by atoms with Gasteiger partial charge in [-0.1, -0.05) is 6.07 Å². The van der Waals surface area contributed by atoms with Gasteiger partial charge in [0, 0.05) is 18.2 Å². The highest BCUT2D eigenvalue weighted by Crippen LogP contribution is 2.36. The molecule has 0 saturated carbocycles. The Kier molecular flexibility index (Phi) is 4.50. The number of carboxylic acids is 1. The number of hydrogen-bond donors (Lipinski definition) is 1. The highest BCUT2D eigenvalue weighted by molar-refractivity contribution is 5.83. The van der Waals surface area contributed by atoms with Crippen LogP contribution < -0.4 is 0 Å². The lowest BCUT2D eigenvalue weighted by Gasteiger charge is -2.40. The Hall–Kier alpha value is -2.64. The molecule has 1 aliphatic heterocycles. The highest BCUT2D eigenvalue weighted by atomic mass is 16.6. The fourth-order valence-corrected chi connectivity index (χ4v) is 2.81. The van der Waals surface area contributed by atoms with Crippen molar-refractivity contribution in [2.75, 3.05) is 0 Å². The molecule has 8 nitrogen and oxygen atoms in total. The van der Waals surface area contributed by atoms with E-state index in [0.29, 0.717) is 12.0 Å². The fraction of sp³-hybridized carbons (Fsp3) is 0.500. The number of aliphatic carboxylic acids is 1. The number of carboxylic acid groups (broad SMARTS) is 1. The van der Waals surface area contributed by atoms with Gasteiger partial charge in [0.2, 0.25) is 0 Å². The van der Waals surface area contributed by atoms with Crippen LogP contribution in [0.4, 0.5) is 10.5 Å². The zero-order chi connectivity index (χ0) is 18.2. The number of rotatable bonds is 2. The quantitative estimate of drug-likeness (QED) is 0.657. The monoisotopic (exact) mass is 336 g/mol. The summed E-state index contributed by atoms with van der Waals surface area (Å²) in [5, 5.41) is 20.6. The molecular formula is C16H20N2O6. The average Bonchev–Trinajstić information content (AvgIpc) is 2.42. The maximum atomic E-state index is 12.5. The maximum Gasteiger partial charge on any atom is 0.411 e. The van der Waals surface area contributed by atoms with Crippen molar-refractivity contribution in [2.45, 2.75) is 51.8 Å². The van der Waals surface area contributed by atoms with Gasteiger partial charge in [-0.15, -0.1) is 0 Å². The Morgan fingerprint density at radius 2 is 2.00 bits per heavy atom. The van der Waals surface area contributed by atoms with Crippen LogP contribution >= 0.6 is 0 Å². The lowest BCUT2D eigenvalue weighted by Crippen LogP contribution is -2.50.